The first-order chi connectivity index (χ1) is 14.4. The predicted octanol–water partition coefficient (Wildman–Crippen LogP) is 1.93. The van der Waals surface area contributed by atoms with Crippen LogP contribution >= 0.6 is 0 Å². The van der Waals surface area contributed by atoms with E-state index in [1.165, 1.54) is 48.5 Å². The first-order valence-corrected chi connectivity index (χ1v) is 9.84. The molecule has 0 bridgehead atoms. The molecule has 1 unspecified atom stereocenters. The number of halogens is 1. The van der Waals surface area contributed by atoms with Crippen LogP contribution in [-0.4, -0.2) is 53.9 Å². The highest BCUT2D eigenvalue weighted by Gasteiger charge is 2.28. The highest BCUT2D eigenvalue weighted by atomic mass is 19.1. The van der Waals surface area contributed by atoms with Gasteiger partial charge in [0.25, 0.3) is 11.8 Å². The van der Waals surface area contributed by atoms with Gasteiger partial charge in [0.1, 0.15) is 11.6 Å². The van der Waals surface area contributed by atoms with Gasteiger partial charge in [-0.05, 0) is 61.4 Å². The van der Waals surface area contributed by atoms with Crippen molar-refractivity contribution in [2.24, 2.45) is 5.92 Å². The van der Waals surface area contributed by atoms with Crippen molar-refractivity contribution < 1.29 is 23.9 Å². The molecule has 0 saturated carbocycles. The molecule has 0 radical (unpaired) electrons. The molecule has 2 aromatic carbocycles. The summed E-state index contributed by atoms with van der Waals surface area (Å²) in [4.78, 5) is 38.7. The molecule has 1 fully saturated rings. The van der Waals surface area contributed by atoms with Gasteiger partial charge in [-0.3, -0.25) is 14.4 Å². The molecule has 3 N–H and O–H groups in total. The van der Waals surface area contributed by atoms with Crippen LogP contribution in [0, 0.1) is 11.7 Å². The number of likely N-dealkylation sites (tertiary alicyclic amines) is 1. The van der Waals surface area contributed by atoms with Crippen LogP contribution < -0.4 is 10.6 Å². The Bertz CT molecular complexity index is 900. The Morgan fingerprint density at radius 2 is 1.60 bits per heavy atom. The molecule has 2 aromatic rings. The van der Waals surface area contributed by atoms with Crippen molar-refractivity contribution >= 4 is 17.7 Å². The van der Waals surface area contributed by atoms with E-state index in [2.05, 4.69) is 10.6 Å². The summed E-state index contributed by atoms with van der Waals surface area (Å²) in [6.07, 6.45) is 1.39. The summed E-state index contributed by atoms with van der Waals surface area (Å²) in [5.41, 5.74) is 0.816. The molecular formula is C22H24FN3O4. The minimum absolute atomic E-state index is 0.0817. The second kappa shape index (κ2) is 9.87. The number of hydrogen-bond donors (Lipinski definition) is 3. The number of rotatable bonds is 6. The molecular weight excluding hydrogens is 389 g/mol. The molecule has 8 heteroatoms. The van der Waals surface area contributed by atoms with E-state index < -0.39 is 5.82 Å². The number of piperidine rings is 1. The van der Waals surface area contributed by atoms with E-state index >= 15 is 0 Å². The topological polar surface area (TPSA) is 98.7 Å². The van der Waals surface area contributed by atoms with Crippen LogP contribution in [0.5, 0.6) is 5.75 Å². The highest BCUT2D eigenvalue weighted by molar-refractivity contribution is 5.95. The zero-order chi connectivity index (χ0) is 21.5. The number of carbonyl (C=O) groups is 3. The quantitative estimate of drug-likeness (QED) is 0.630. The normalized spacial score (nSPS) is 16.0. The smallest absolute Gasteiger partial charge is 0.253 e. The molecule has 158 valence electrons. The van der Waals surface area contributed by atoms with Crippen molar-refractivity contribution in [2.45, 2.75) is 12.8 Å². The van der Waals surface area contributed by atoms with Crippen LogP contribution in [0.2, 0.25) is 0 Å². The summed E-state index contributed by atoms with van der Waals surface area (Å²) in [5.74, 6) is -1.31. The zero-order valence-corrected chi connectivity index (χ0v) is 16.4. The van der Waals surface area contributed by atoms with Crippen LogP contribution in [0.15, 0.2) is 48.5 Å². The van der Waals surface area contributed by atoms with Gasteiger partial charge in [0.2, 0.25) is 5.91 Å². The van der Waals surface area contributed by atoms with E-state index in [4.69, 9.17) is 0 Å². The van der Waals surface area contributed by atoms with Crippen LogP contribution in [0.25, 0.3) is 0 Å². The number of benzene rings is 2. The van der Waals surface area contributed by atoms with Gasteiger partial charge in [0.05, 0.1) is 5.92 Å². The summed E-state index contributed by atoms with van der Waals surface area (Å²) in [5, 5.41) is 14.7. The number of aromatic hydroxyl groups is 1. The van der Waals surface area contributed by atoms with Gasteiger partial charge >= 0.3 is 0 Å². The lowest BCUT2D eigenvalue weighted by Crippen LogP contribution is -2.46. The summed E-state index contributed by atoms with van der Waals surface area (Å²) < 4.78 is 13.1. The van der Waals surface area contributed by atoms with Gasteiger partial charge in [-0.25, -0.2) is 4.39 Å². The molecule has 3 rings (SSSR count). The molecule has 0 aromatic heterocycles. The minimum atomic E-state index is -0.403. The minimum Gasteiger partial charge on any atom is -0.508 e. The van der Waals surface area contributed by atoms with Crippen LogP contribution in [0.3, 0.4) is 0 Å². The first-order valence-electron chi connectivity index (χ1n) is 9.84. The first kappa shape index (κ1) is 21.3. The number of hydrogen-bond acceptors (Lipinski definition) is 4. The van der Waals surface area contributed by atoms with Crippen molar-refractivity contribution in [1.82, 2.24) is 15.5 Å². The number of phenols is 1. The van der Waals surface area contributed by atoms with Gasteiger partial charge in [0.15, 0.2) is 0 Å². The Balaban J connectivity index is 1.43. The molecule has 1 saturated heterocycles. The molecule has 1 heterocycles. The van der Waals surface area contributed by atoms with Gasteiger partial charge in [-0.2, -0.15) is 0 Å². The number of carbonyl (C=O) groups excluding carboxylic acids is 3. The Labute approximate surface area is 173 Å². The number of phenolic OH excluding ortho intramolecular Hbond substituents is 1. The molecule has 7 nitrogen and oxygen atoms in total. The Morgan fingerprint density at radius 1 is 0.967 bits per heavy atom. The summed E-state index contributed by atoms with van der Waals surface area (Å²) >= 11 is 0. The van der Waals surface area contributed by atoms with Gasteiger partial charge in [0, 0.05) is 37.3 Å². The maximum atomic E-state index is 13.1. The van der Waals surface area contributed by atoms with E-state index in [1.807, 2.05) is 0 Å². The second-order valence-electron chi connectivity index (χ2n) is 7.19. The molecule has 3 amide bonds. The summed E-state index contributed by atoms with van der Waals surface area (Å²) in [7, 11) is 0. The third kappa shape index (κ3) is 5.56. The zero-order valence-electron chi connectivity index (χ0n) is 16.4. The second-order valence-corrected chi connectivity index (χ2v) is 7.19. The van der Waals surface area contributed by atoms with Crippen molar-refractivity contribution in [3.8, 4) is 5.75 Å². The molecule has 30 heavy (non-hydrogen) atoms. The van der Waals surface area contributed by atoms with E-state index in [-0.39, 0.29) is 42.5 Å². The maximum absolute atomic E-state index is 13.1. The highest BCUT2D eigenvalue weighted by Crippen LogP contribution is 2.19. The molecule has 1 aliphatic rings. The van der Waals surface area contributed by atoms with E-state index in [0.29, 0.717) is 37.1 Å². The fourth-order valence-electron chi connectivity index (χ4n) is 3.37. The van der Waals surface area contributed by atoms with Crippen LogP contribution in [0.1, 0.15) is 33.6 Å². The molecule has 0 aliphatic carbocycles. The van der Waals surface area contributed by atoms with Crippen molar-refractivity contribution in [1.29, 1.82) is 0 Å². The van der Waals surface area contributed by atoms with Crippen LogP contribution in [-0.2, 0) is 4.79 Å². The third-order valence-corrected chi connectivity index (χ3v) is 5.01. The lowest BCUT2D eigenvalue weighted by atomic mass is 9.96. The predicted molar refractivity (Wildman–Crippen MR) is 108 cm³/mol. The average molecular weight is 413 g/mol. The standard InChI is InChI=1S/C22H24FN3O4/c23-18-7-3-16(4-8-18)22(30)26-13-1-2-17(14-26)21(29)25-12-11-24-20(28)15-5-9-19(27)10-6-15/h3-10,17,27H,1-2,11-14H2,(H,24,28)(H,25,29). The van der Waals surface area contributed by atoms with Crippen molar-refractivity contribution in [2.75, 3.05) is 26.2 Å². The third-order valence-electron chi connectivity index (χ3n) is 5.01. The van der Waals surface area contributed by atoms with Crippen molar-refractivity contribution in [3.05, 3.63) is 65.5 Å². The SMILES string of the molecule is O=C(NCCNC(=O)C1CCCN(C(=O)c2ccc(F)cc2)C1)c1ccc(O)cc1. The lowest BCUT2D eigenvalue weighted by molar-refractivity contribution is -0.126. The largest absolute Gasteiger partial charge is 0.508 e. The monoisotopic (exact) mass is 413 g/mol. The van der Waals surface area contributed by atoms with Crippen LogP contribution in [0.4, 0.5) is 4.39 Å². The Morgan fingerprint density at radius 3 is 2.30 bits per heavy atom. The average Bonchev–Trinajstić information content (AvgIpc) is 2.77. The molecule has 1 atom stereocenters. The number of nitrogens with zero attached hydrogens (tertiary/aromatic N) is 1. The number of amides is 3. The van der Waals surface area contributed by atoms with E-state index in [1.54, 1.807) is 4.90 Å². The maximum Gasteiger partial charge on any atom is 0.253 e. The van der Waals surface area contributed by atoms with E-state index in [9.17, 15) is 23.9 Å². The van der Waals surface area contributed by atoms with E-state index in [0.717, 1.165) is 0 Å². The Kier molecular flexibility index (Phi) is 7.00. The molecule has 0 spiro atoms. The Hall–Kier alpha value is -3.42. The lowest BCUT2D eigenvalue weighted by Gasteiger charge is -2.32. The van der Waals surface area contributed by atoms with Gasteiger partial charge < -0.3 is 20.6 Å². The van der Waals surface area contributed by atoms with Gasteiger partial charge in [-0.1, -0.05) is 0 Å². The summed E-state index contributed by atoms with van der Waals surface area (Å²) in [6, 6.07) is 11.3. The number of nitrogens with one attached hydrogen (secondary N) is 2. The summed E-state index contributed by atoms with van der Waals surface area (Å²) in [6.45, 7) is 1.39. The van der Waals surface area contributed by atoms with Crippen molar-refractivity contribution in [3.63, 3.8) is 0 Å². The fourth-order valence-corrected chi connectivity index (χ4v) is 3.37. The molecule has 1 aliphatic heterocycles. The van der Waals surface area contributed by atoms with Gasteiger partial charge in [-0.15, -0.1) is 0 Å². The fraction of sp³-hybridized carbons (Fsp3) is 0.318.